The molecule has 2 aromatic rings. The molecule has 0 spiro atoms. The minimum absolute atomic E-state index is 0.00901. The first-order valence-electron chi connectivity index (χ1n) is 8.48. The summed E-state index contributed by atoms with van der Waals surface area (Å²) in [7, 11) is 0. The topological polar surface area (TPSA) is 20.3 Å². The predicted molar refractivity (Wildman–Crippen MR) is 100 cm³/mol. The van der Waals surface area contributed by atoms with Crippen LogP contribution >= 0.6 is 0 Å². The quantitative estimate of drug-likeness (QED) is 0.702. The fraction of sp³-hybridized carbons (Fsp3) is 0.286. The Morgan fingerprint density at radius 1 is 1.08 bits per heavy atom. The summed E-state index contributed by atoms with van der Waals surface area (Å²) < 4.78 is 2.41. The van der Waals surface area contributed by atoms with Crippen LogP contribution in [0, 0.1) is 5.92 Å². The standard InChI is InChI=1S/C21H23NOSe/c1-17(24-19-11-6-3-7-12-19)20-13-8-15-22(21(20)23)16-14-18-9-4-2-5-10-18/h2-7,9-12,20H,1,8,13-16H2. The first-order valence-corrected chi connectivity index (χ1v) is 10.2. The molecule has 2 aromatic carbocycles. The summed E-state index contributed by atoms with van der Waals surface area (Å²) in [6, 6.07) is 20.8. The summed E-state index contributed by atoms with van der Waals surface area (Å²) in [5.74, 6) is 0.287. The van der Waals surface area contributed by atoms with E-state index in [4.69, 9.17) is 0 Å². The van der Waals surface area contributed by atoms with Crippen LogP contribution in [0.5, 0.6) is 0 Å². The third-order valence-electron chi connectivity index (χ3n) is 4.42. The molecule has 1 fully saturated rings. The molecule has 1 unspecified atom stereocenters. The zero-order valence-corrected chi connectivity index (χ0v) is 15.6. The number of nitrogens with zero attached hydrogens (tertiary/aromatic N) is 1. The molecule has 0 N–H and O–H groups in total. The van der Waals surface area contributed by atoms with E-state index in [9.17, 15) is 4.79 Å². The number of hydrogen-bond donors (Lipinski definition) is 0. The summed E-state index contributed by atoms with van der Waals surface area (Å²) >= 11 is 0.171. The van der Waals surface area contributed by atoms with Gasteiger partial charge in [0, 0.05) is 0 Å². The van der Waals surface area contributed by atoms with Crippen molar-refractivity contribution in [3.63, 3.8) is 0 Å². The predicted octanol–water partition coefficient (Wildman–Crippen LogP) is 3.01. The van der Waals surface area contributed by atoms with Crippen molar-refractivity contribution in [1.29, 1.82) is 0 Å². The Balaban J connectivity index is 1.59. The average Bonchev–Trinajstić information content (AvgIpc) is 2.62. The number of carbonyl (C=O) groups is 1. The maximum atomic E-state index is 12.9. The van der Waals surface area contributed by atoms with Crippen LogP contribution in [0.2, 0.25) is 0 Å². The molecule has 1 amide bonds. The van der Waals surface area contributed by atoms with Gasteiger partial charge in [0.1, 0.15) is 0 Å². The van der Waals surface area contributed by atoms with Gasteiger partial charge in [0.05, 0.1) is 0 Å². The maximum absolute atomic E-state index is 12.9. The van der Waals surface area contributed by atoms with Gasteiger partial charge in [0.25, 0.3) is 0 Å². The second kappa shape index (κ2) is 8.32. The molecular formula is C21H23NOSe. The monoisotopic (exact) mass is 385 g/mol. The number of rotatable bonds is 6. The third-order valence-corrected chi connectivity index (χ3v) is 6.64. The van der Waals surface area contributed by atoms with Gasteiger partial charge in [-0.15, -0.1) is 0 Å². The van der Waals surface area contributed by atoms with E-state index in [1.54, 1.807) is 0 Å². The van der Waals surface area contributed by atoms with Gasteiger partial charge >= 0.3 is 151 Å². The first kappa shape index (κ1) is 17.0. The summed E-state index contributed by atoms with van der Waals surface area (Å²) in [5.41, 5.74) is 1.29. The number of piperidine rings is 1. The van der Waals surface area contributed by atoms with E-state index in [-0.39, 0.29) is 26.8 Å². The molecule has 24 heavy (non-hydrogen) atoms. The Bertz CT molecular complexity index is 683. The van der Waals surface area contributed by atoms with Crippen molar-refractivity contribution >= 4 is 25.3 Å². The molecule has 0 aliphatic carbocycles. The van der Waals surface area contributed by atoms with Crippen LogP contribution in [0.15, 0.2) is 71.7 Å². The van der Waals surface area contributed by atoms with E-state index in [2.05, 4.69) is 55.1 Å². The van der Waals surface area contributed by atoms with Crippen LogP contribution in [0.25, 0.3) is 0 Å². The fourth-order valence-corrected chi connectivity index (χ4v) is 5.09. The molecule has 0 bridgehead atoms. The van der Waals surface area contributed by atoms with Crippen LogP contribution in [-0.4, -0.2) is 38.9 Å². The Kier molecular flexibility index (Phi) is 5.90. The number of likely N-dealkylation sites (tertiary alicyclic amines) is 1. The molecule has 2 nitrogen and oxygen atoms in total. The van der Waals surface area contributed by atoms with Crippen molar-refractivity contribution in [2.24, 2.45) is 5.92 Å². The summed E-state index contributed by atoms with van der Waals surface area (Å²) in [6.07, 6.45) is 2.96. The normalized spacial score (nSPS) is 17.8. The molecule has 1 atom stereocenters. The van der Waals surface area contributed by atoms with Crippen LogP contribution in [0.1, 0.15) is 18.4 Å². The van der Waals surface area contributed by atoms with Crippen molar-refractivity contribution in [2.45, 2.75) is 19.3 Å². The van der Waals surface area contributed by atoms with Crippen molar-refractivity contribution < 1.29 is 4.79 Å². The second-order valence-electron chi connectivity index (χ2n) is 6.14. The third kappa shape index (κ3) is 4.37. The van der Waals surface area contributed by atoms with E-state index in [1.807, 2.05) is 17.0 Å². The van der Waals surface area contributed by atoms with Gasteiger partial charge in [-0.05, 0) is 0 Å². The summed E-state index contributed by atoms with van der Waals surface area (Å²) in [4.78, 5) is 14.9. The zero-order chi connectivity index (χ0) is 16.8. The van der Waals surface area contributed by atoms with Crippen LogP contribution in [0.3, 0.4) is 0 Å². The second-order valence-corrected chi connectivity index (χ2v) is 8.65. The molecule has 0 aromatic heterocycles. The van der Waals surface area contributed by atoms with Gasteiger partial charge in [-0.1, -0.05) is 0 Å². The van der Waals surface area contributed by atoms with Crippen LogP contribution in [0.4, 0.5) is 0 Å². The van der Waals surface area contributed by atoms with Gasteiger partial charge in [0.2, 0.25) is 0 Å². The van der Waals surface area contributed by atoms with E-state index < -0.39 is 0 Å². The van der Waals surface area contributed by atoms with E-state index >= 15 is 0 Å². The SMILES string of the molecule is C=C([Se]c1ccccc1)C1CCCN(CCc2ccccc2)C1=O. The molecular weight excluding hydrogens is 361 g/mol. The van der Waals surface area contributed by atoms with Gasteiger partial charge in [0.15, 0.2) is 0 Å². The Morgan fingerprint density at radius 2 is 1.75 bits per heavy atom. The number of carbonyl (C=O) groups excluding carboxylic acids is 1. The van der Waals surface area contributed by atoms with Crippen LogP contribution in [-0.2, 0) is 11.2 Å². The Labute approximate surface area is 150 Å². The Hall–Kier alpha value is -1.83. The van der Waals surface area contributed by atoms with Gasteiger partial charge in [-0.3, -0.25) is 0 Å². The molecule has 1 heterocycles. The number of hydrogen-bond acceptors (Lipinski definition) is 1. The van der Waals surface area contributed by atoms with Crippen LogP contribution < -0.4 is 4.46 Å². The Morgan fingerprint density at radius 3 is 2.46 bits per heavy atom. The van der Waals surface area contributed by atoms with E-state index in [0.29, 0.717) is 0 Å². The zero-order valence-electron chi connectivity index (χ0n) is 13.9. The molecule has 3 heteroatoms. The van der Waals surface area contributed by atoms with E-state index in [0.717, 1.165) is 36.8 Å². The minimum atomic E-state index is 0.00901. The van der Waals surface area contributed by atoms with Crippen molar-refractivity contribution in [3.05, 3.63) is 77.3 Å². The van der Waals surface area contributed by atoms with Gasteiger partial charge in [-0.25, -0.2) is 0 Å². The first-order chi connectivity index (χ1) is 11.7. The molecule has 1 aliphatic heterocycles. The molecule has 0 radical (unpaired) electrons. The molecule has 1 saturated heterocycles. The number of amides is 1. The van der Waals surface area contributed by atoms with Crippen molar-refractivity contribution in [2.75, 3.05) is 13.1 Å². The van der Waals surface area contributed by atoms with Crippen molar-refractivity contribution in [3.8, 4) is 0 Å². The molecule has 3 rings (SSSR count). The summed E-state index contributed by atoms with van der Waals surface area (Å²) in [6.45, 7) is 5.95. The molecule has 0 saturated carbocycles. The van der Waals surface area contributed by atoms with Crippen molar-refractivity contribution in [1.82, 2.24) is 4.90 Å². The number of benzene rings is 2. The van der Waals surface area contributed by atoms with E-state index in [1.165, 1.54) is 10.0 Å². The van der Waals surface area contributed by atoms with Gasteiger partial charge < -0.3 is 0 Å². The average molecular weight is 384 g/mol. The molecule has 124 valence electrons. The fourth-order valence-electron chi connectivity index (χ4n) is 3.08. The molecule has 1 aliphatic rings. The summed E-state index contributed by atoms with van der Waals surface area (Å²) in [5, 5.41) is 0. The van der Waals surface area contributed by atoms with Gasteiger partial charge in [-0.2, -0.15) is 0 Å².